The lowest BCUT2D eigenvalue weighted by Crippen LogP contribution is -1.93. The molecule has 0 saturated heterocycles. The Bertz CT molecular complexity index is 562. The molecule has 0 aliphatic carbocycles. The Morgan fingerprint density at radius 1 is 1.42 bits per heavy atom. The van der Waals surface area contributed by atoms with Gasteiger partial charge in [0.1, 0.15) is 18.2 Å². The number of nitrogens with one attached hydrogen (secondary N) is 1. The first-order valence-corrected chi connectivity index (χ1v) is 6.50. The molecule has 0 aliphatic heterocycles. The number of benzene rings is 1. The maximum absolute atomic E-state index is 5.50. The van der Waals surface area contributed by atoms with E-state index >= 15 is 0 Å². The molecular formula is C13H14N4OS. The highest BCUT2D eigenvalue weighted by atomic mass is 32.1. The fraction of sp³-hybridized carbons (Fsp3) is 0.0769. The van der Waals surface area contributed by atoms with E-state index < -0.39 is 0 Å². The van der Waals surface area contributed by atoms with Crippen molar-refractivity contribution >= 4 is 28.5 Å². The number of nitrogens with zero attached hydrogens (tertiary/aromatic N) is 2. The quantitative estimate of drug-likeness (QED) is 0.482. The summed E-state index contributed by atoms with van der Waals surface area (Å²) >= 11 is 1.41. The maximum atomic E-state index is 5.50. The maximum Gasteiger partial charge on any atom is 0.205 e. The minimum absolute atomic E-state index is 0.492. The van der Waals surface area contributed by atoms with Crippen LogP contribution in [0.15, 0.2) is 47.4 Å². The monoisotopic (exact) mass is 274 g/mol. The Balaban J connectivity index is 1.89. The summed E-state index contributed by atoms with van der Waals surface area (Å²) in [6.45, 7) is 4.10. The van der Waals surface area contributed by atoms with Crippen LogP contribution >= 0.6 is 11.3 Å². The number of thiazole rings is 1. The van der Waals surface area contributed by atoms with Gasteiger partial charge in [-0.3, -0.25) is 5.43 Å². The molecule has 98 valence electrons. The molecule has 2 aromatic rings. The minimum Gasteiger partial charge on any atom is -0.490 e. The van der Waals surface area contributed by atoms with E-state index in [1.807, 2.05) is 24.3 Å². The lowest BCUT2D eigenvalue weighted by atomic mass is 10.2. The van der Waals surface area contributed by atoms with Gasteiger partial charge in [-0.15, -0.1) is 11.3 Å². The highest BCUT2D eigenvalue weighted by molar-refractivity contribution is 7.14. The predicted octanol–water partition coefficient (Wildman–Crippen LogP) is 2.74. The van der Waals surface area contributed by atoms with E-state index in [0.717, 1.165) is 11.3 Å². The van der Waals surface area contributed by atoms with Crippen molar-refractivity contribution in [2.45, 2.75) is 0 Å². The van der Waals surface area contributed by atoms with Gasteiger partial charge in [0.15, 0.2) is 0 Å². The van der Waals surface area contributed by atoms with Crippen LogP contribution in [0.2, 0.25) is 0 Å². The highest BCUT2D eigenvalue weighted by Crippen LogP contribution is 2.16. The molecule has 5 nitrogen and oxygen atoms in total. The van der Waals surface area contributed by atoms with E-state index in [4.69, 9.17) is 10.5 Å². The number of rotatable bonds is 6. The van der Waals surface area contributed by atoms with E-state index in [-0.39, 0.29) is 0 Å². The second-order valence-corrected chi connectivity index (χ2v) is 4.47. The van der Waals surface area contributed by atoms with Crippen LogP contribution in [0.1, 0.15) is 5.56 Å². The lowest BCUT2D eigenvalue weighted by Gasteiger charge is -2.02. The molecule has 0 aliphatic rings. The third-order valence-corrected chi connectivity index (χ3v) is 2.91. The minimum atomic E-state index is 0.492. The molecule has 0 unspecified atom stereocenters. The van der Waals surface area contributed by atoms with Crippen LogP contribution < -0.4 is 15.9 Å². The molecule has 2 rings (SSSR count). The lowest BCUT2D eigenvalue weighted by molar-refractivity contribution is 0.363. The van der Waals surface area contributed by atoms with Crippen LogP contribution in [-0.4, -0.2) is 17.8 Å². The summed E-state index contributed by atoms with van der Waals surface area (Å²) in [6.07, 6.45) is 3.41. The fourth-order valence-corrected chi connectivity index (χ4v) is 1.85. The van der Waals surface area contributed by atoms with Crippen molar-refractivity contribution in [3.05, 3.63) is 47.9 Å². The second-order valence-electron chi connectivity index (χ2n) is 3.62. The Hall–Kier alpha value is -2.34. The summed E-state index contributed by atoms with van der Waals surface area (Å²) in [5.74, 6) is 1.30. The van der Waals surface area contributed by atoms with Crippen LogP contribution in [-0.2, 0) is 0 Å². The van der Waals surface area contributed by atoms with E-state index in [2.05, 4.69) is 22.1 Å². The molecule has 0 fully saturated rings. The number of nitrogen functional groups attached to an aromatic ring is 1. The second kappa shape index (κ2) is 6.55. The zero-order chi connectivity index (χ0) is 13.5. The smallest absolute Gasteiger partial charge is 0.205 e. The van der Waals surface area contributed by atoms with Crippen molar-refractivity contribution in [3.8, 4) is 5.75 Å². The molecule has 0 atom stereocenters. The van der Waals surface area contributed by atoms with Gasteiger partial charge in [-0.1, -0.05) is 12.7 Å². The van der Waals surface area contributed by atoms with Crippen molar-refractivity contribution in [2.75, 3.05) is 17.8 Å². The van der Waals surface area contributed by atoms with Crippen LogP contribution in [0.3, 0.4) is 0 Å². The largest absolute Gasteiger partial charge is 0.490 e. The Kier molecular flexibility index (Phi) is 4.52. The first-order chi connectivity index (χ1) is 9.28. The average molecular weight is 274 g/mol. The van der Waals surface area contributed by atoms with Gasteiger partial charge in [0.2, 0.25) is 5.13 Å². The predicted molar refractivity (Wildman–Crippen MR) is 79.9 cm³/mol. The van der Waals surface area contributed by atoms with Gasteiger partial charge >= 0.3 is 0 Å². The normalized spacial score (nSPS) is 10.5. The van der Waals surface area contributed by atoms with Crippen LogP contribution in [0.4, 0.5) is 10.9 Å². The van der Waals surface area contributed by atoms with Gasteiger partial charge in [-0.2, -0.15) is 5.10 Å². The summed E-state index contributed by atoms with van der Waals surface area (Å²) in [5, 5.41) is 6.50. The van der Waals surface area contributed by atoms with E-state index in [0.29, 0.717) is 17.6 Å². The molecule has 0 spiro atoms. The SMILES string of the molecule is C=CCOc1ccc(C=NNc2nc(N)cs2)cc1. The van der Waals surface area contributed by atoms with Gasteiger partial charge < -0.3 is 10.5 Å². The molecule has 0 saturated carbocycles. The third kappa shape index (κ3) is 4.11. The molecule has 6 heteroatoms. The molecular weight excluding hydrogens is 260 g/mol. The Morgan fingerprint density at radius 2 is 2.21 bits per heavy atom. The average Bonchev–Trinajstić information content (AvgIpc) is 2.84. The van der Waals surface area contributed by atoms with Crippen LogP contribution in [0, 0.1) is 0 Å². The Morgan fingerprint density at radius 3 is 2.84 bits per heavy atom. The number of hydrogen-bond donors (Lipinski definition) is 2. The van der Waals surface area contributed by atoms with Crippen LogP contribution in [0.25, 0.3) is 0 Å². The summed E-state index contributed by atoms with van der Waals surface area (Å²) in [6, 6.07) is 7.60. The number of hydrazone groups is 1. The number of hydrogen-bond acceptors (Lipinski definition) is 6. The number of aromatic nitrogens is 1. The topological polar surface area (TPSA) is 72.5 Å². The first-order valence-electron chi connectivity index (χ1n) is 5.62. The van der Waals surface area contributed by atoms with Gasteiger partial charge in [0, 0.05) is 5.38 Å². The number of nitrogens with two attached hydrogens (primary N) is 1. The summed E-state index contributed by atoms with van der Waals surface area (Å²) in [5.41, 5.74) is 9.28. The first kappa shape index (κ1) is 13.1. The van der Waals surface area contributed by atoms with Gasteiger partial charge in [-0.05, 0) is 29.8 Å². The molecule has 1 heterocycles. The molecule has 0 radical (unpaired) electrons. The zero-order valence-corrected chi connectivity index (χ0v) is 11.1. The van der Waals surface area contributed by atoms with Crippen molar-refractivity contribution in [2.24, 2.45) is 5.10 Å². The van der Waals surface area contributed by atoms with Gasteiger partial charge in [-0.25, -0.2) is 4.98 Å². The molecule has 0 bridgehead atoms. The van der Waals surface area contributed by atoms with E-state index in [9.17, 15) is 0 Å². The molecule has 0 amide bonds. The molecule has 1 aromatic heterocycles. The highest BCUT2D eigenvalue weighted by Gasteiger charge is 1.95. The number of anilines is 2. The summed E-state index contributed by atoms with van der Waals surface area (Å²) < 4.78 is 5.39. The van der Waals surface area contributed by atoms with Gasteiger partial charge in [0.05, 0.1) is 6.21 Å². The van der Waals surface area contributed by atoms with Crippen LogP contribution in [0.5, 0.6) is 5.75 Å². The van der Waals surface area contributed by atoms with Crippen molar-refractivity contribution in [1.29, 1.82) is 0 Å². The Labute approximate surface area is 115 Å². The fourth-order valence-electron chi connectivity index (χ4n) is 1.30. The summed E-state index contributed by atoms with van der Waals surface area (Å²) in [4.78, 5) is 4.03. The van der Waals surface area contributed by atoms with Crippen molar-refractivity contribution in [1.82, 2.24) is 4.98 Å². The summed E-state index contributed by atoms with van der Waals surface area (Å²) in [7, 11) is 0. The van der Waals surface area contributed by atoms with Crippen molar-refractivity contribution < 1.29 is 4.74 Å². The van der Waals surface area contributed by atoms with Crippen molar-refractivity contribution in [3.63, 3.8) is 0 Å². The number of ether oxygens (including phenoxy) is 1. The molecule has 1 aromatic carbocycles. The van der Waals surface area contributed by atoms with E-state index in [1.54, 1.807) is 17.7 Å². The molecule has 3 N–H and O–H groups in total. The standard InChI is InChI=1S/C13H14N4OS/c1-2-7-18-11-5-3-10(4-6-11)8-15-17-13-16-12(14)9-19-13/h2-6,8-9H,1,7,14H2,(H,16,17). The molecule has 19 heavy (non-hydrogen) atoms. The van der Waals surface area contributed by atoms with E-state index in [1.165, 1.54) is 11.3 Å². The zero-order valence-electron chi connectivity index (χ0n) is 10.2. The third-order valence-electron chi connectivity index (χ3n) is 2.14. The van der Waals surface area contributed by atoms with Gasteiger partial charge in [0.25, 0.3) is 0 Å².